The summed E-state index contributed by atoms with van der Waals surface area (Å²) in [5.41, 5.74) is 4.26. The van der Waals surface area contributed by atoms with Crippen molar-refractivity contribution < 1.29 is 42.7 Å². The molecule has 1 fully saturated rings. The van der Waals surface area contributed by atoms with Gasteiger partial charge in [-0.1, -0.05) is 29.8 Å². The van der Waals surface area contributed by atoms with Gasteiger partial charge in [0.05, 0.1) is 33.9 Å². The number of benzene rings is 3. The van der Waals surface area contributed by atoms with Crippen molar-refractivity contribution in [3.05, 3.63) is 82.4 Å². The van der Waals surface area contributed by atoms with Crippen LogP contribution in [0.1, 0.15) is 39.8 Å². The maximum absolute atomic E-state index is 13.3. The van der Waals surface area contributed by atoms with Crippen molar-refractivity contribution >= 4 is 18.0 Å². The van der Waals surface area contributed by atoms with Crippen LogP contribution in [0, 0.1) is 18.8 Å². The van der Waals surface area contributed by atoms with Crippen LogP contribution >= 0.6 is 0 Å². The van der Waals surface area contributed by atoms with Gasteiger partial charge in [0, 0.05) is 23.5 Å². The summed E-state index contributed by atoms with van der Waals surface area (Å²) in [6, 6.07) is 15.2. The van der Waals surface area contributed by atoms with Crippen LogP contribution in [0.15, 0.2) is 54.6 Å². The first-order chi connectivity index (χ1) is 19.9. The number of cyclic esters (lactones) is 1. The Labute approximate surface area is 237 Å². The maximum atomic E-state index is 13.3. The molecule has 0 N–H and O–H groups in total. The van der Waals surface area contributed by atoms with Crippen molar-refractivity contribution in [2.75, 3.05) is 34.7 Å². The fraction of sp³-hybridized carbons (Fsp3) is 0.312. The molecule has 9 heteroatoms. The molecule has 41 heavy (non-hydrogen) atoms. The summed E-state index contributed by atoms with van der Waals surface area (Å²) >= 11 is 0. The Morgan fingerprint density at radius 1 is 0.878 bits per heavy atom. The predicted octanol–water partition coefficient (Wildman–Crippen LogP) is 4.98. The van der Waals surface area contributed by atoms with E-state index in [1.165, 1.54) is 13.2 Å². The molecule has 0 bridgehead atoms. The van der Waals surface area contributed by atoms with Gasteiger partial charge in [-0.15, -0.1) is 0 Å². The van der Waals surface area contributed by atoms with Crippen molar-refractivity contribution in [1.82, 2.24) is 0 Å². The van der Waals surface area contributed by atoms with Gasteiger partial charge < -0.3 is 33.2 Å². The molecule has 3 aromatic rings. The fourth-order valence-electron chi connectivity index (χ4n) is 5.95. The fourth-order valence-corrected chi connectivity index (χ4v) is 5.95. The van der Waals surface area contributed by atoms with E-state index >= 15 is 0 Å². The SMILES string of the molecule is COc1cc([C@@H]2c3cc4c(cc3[C@H](OC(=O)/C=C/c3ccc(C)cc3)[C@H]3COC(=O)[C@H]23)OCO4)cc(OC)c1OC. The number of carbonyl (C=O) groups excluding carboxylic acids is 2. The Morgan fingerprint density at radius 2 is 1.54 bits per heavy atom. The van der Waals surface area contributed by atoms with Gasteiger partial charge in [0.15, 0.2) is 23.0 Å². The highest BCUT2D eigenvalue weighted by molar-refractivity contribution is 5.87. The summed E-state index contributed by atoms with van der Waals surface area (Å²) in [6.07, 6.45) is 2.36. The summed E-state index contributed by atoms with van der Waals surface area (Å²) in [7, 11) is 4.62. The van der Waals surface area contributed by atoms with E-state index in [2.05, 4.69) is 0 Å². The van der Waals surface area contributed by atoms with E-state index < -0.39 is 29.8 Å². The van der Waals surface area contributed by atoms with E-state index in [1.807, 2.05) is 55.5 Å². The molecule has 3 aliphatic rings. The lowest BCUT2D eigenvalue weighted by atomic mass is 9.66. The Hall–Kier alpha value is -4.66. The van der Waals surface area contributed by atoms with Crippen LogP contribution in [0.4, 0.5) is 0 Å². The van der Waals surface area contributed by atoms with Crippen LogP contribution in [0.2, 0.25) is 0 Å². The summed E-state index contributed by atoms with van der Waals surface area (Å²) < 4.78 is 39.8. The standard InChI is InChI=1S/C32H30O9/c1-17-5-7-18(8-6-17)9-10-27(33)41-30-21-14-24-23(39-16-40-24)13-20(21)28(29-22(30)15-38-32(29)34)19-11-25(35-2)31(37-4)26(12-19)36-3/h5-14,22,28-30H,15-16H2,1-4H3/b10-9+/t22-,28+,29-,30-/m0/s1. The number of aryl methyl sites for hydroxylation is 1. The van der Waals surface area contributed by atoms with E-state index in [-0.39, 0.29) is 19.4 Å². The van der Waals surface area contributed by atoms with Crippen molar-refractivity contribution in [3.63, 3.8) is 0 Å². The quantitative estimate of drug-likeness (QED) is 0.294. The number of hydrogen-bond acceptors (Lipinski definition) is 9. The molecule has 0 radical (unpaired) electrons. The molecular formula is C32H30O9. The van der Waals surface area contributed by atoms with Crippen LogP contribution in [0.25, 0.3) is 6.08 Å². The second kappa shape index (κ2) is 10.7. The number of methoxy groups -OCH3 is 3. The van der Waals surface area contributed by atoms with E-state index in [4.69, 9.17) is 33.2 Å². The van der Waals surface area contributed by atoms with Crippen molar-refractivity contribution in [1.29, 1.82) is 0 Å². The Morgan fingerprint density at radius 3 is 2.17 bits per heavy atom. The second-order valence-corrected chi connectivity index (χ2v) is 10.2. The number of esters is 2. The summed E-state index contributed by atoms with van der Waals surface area (Å²) in [6.45, 7) is 2.18. The van der Waals surface area contributed by atoms with Gasteiger partial charge in [0.2, 0.25) is 12.5 Å². The van der Waals surface area contributed by atoms with E-state index in [0.717, 1.165) is 27.8 Å². The molecule has 0 unspecified atom stereocenters. The maximum Gasteiger partial charge on any atom is 0.331 e. The highest BCUT2D eigenvalue weighted by atomic mass is 16.7. The van der Waals surface area contributed by atoms with Crippen molar-refractivity contribution in [3.8, 4) is 28.7 Å². The molecule has 2 heterocycles. The number of carbonyl (C=O) groups is 2. The summed E-state index contributed by atoms with van der Waals surface area (Å²) in [4.78, 5) is 26.4. The van der Waals surface area contributed by atoms with Gasteiger partial charge in [0.25, 0.3) is 0 Å². The molecule has 9 nitrogen and oxygen atoms in total. The van der Waals surface area contributed by atoms with Crippen molar-refractivity contribution in [2.45, 2.75) is 18.9 Å². The van der Waals surface area contributed by atoms with Gasteiger partial charge in [-0.25, -0.2) is 4.79 Å². The third-order valence-electron chi connectivity index (χ3n) is 7.90. The highest BCUT2D eigenvalue weighted by Gasteiger charge is 2.54. The van der Waals surface area contributed by atoms with Gasteiger partial charge >= 0.3 is 11.9 Å². The smallest absolute Gasteiger partial charge is 0.331 e. The van der Waals surface area contributed by atoms with Crippen LogP contribution in [-0.2, 0) is 19.1 Å². The lowest BCUT2D eigenvalue weighted by molar-refractivity contribution is -0.148. The molecular weight excluding hydrogens is 528 g/mol. The van der Waals surface area contributed by atoms with E-state index in [0.29, 0.717) is 28.7 Å². The lowest BCUT2D eigenvalue weighted by Crippen LogP contribution is -2.36. The molecule has 1 saturated heterocycles. The molecule has 1 aliphatic carbocycles. The van der Waals surface area contributed by atoms with Crippen molar-refractivity contribution in [2.24, 2.45) is 11.8 Å². The first kappa shape index (κ1) is 26.6. The van der Waals surface area contributed by atoms with Crippen LogP contribution in [0.5, 0.6) is 28.7 Å². The average molecular weight is 559 g/mol. The zero-order valence-corrected chi connectivity index (χ0v) is 23.2. The molecule has 3 aromatic carbocycles. The van der Waals surface area contributed by atoms with Gasteiger partial charge in [-0.05, 0) is 54.0 Å². The highest BCUT2D eigenvalue weighted by Crippen LogP contribution is 2.56. The largest absolute Gasteiger partial charge is 0.493 e. The second-order valence-electron chi connectivity index (χ2n) is 10.2. The van der Waals surface area contributed by atoms with Gasteiger partial charge in [0.1, 0.15) is 6.10 Å². The van der Waals surface area contributed by atoms with E-state index in [9.17, 15) is 9.59 Å². The summed E-state index contributed by atoms with van der Waals surface area (Å²) in [5, 5.41) is 0. The third kappa shape index (κ3) is 4.71. The molecule has 0 aromatic heterocycles. The minimum atomic E-state index is -0.746. The molecule has 0 amide bonds. The minimum Gasteiger partial charge on any atom is -0.493 e. The molecule has 0 saturated carbocycles. The Balaban J connectivity index is 1.44. The zero-order valence-electron chi connectivity index (χ0n) is 23.2. The third-order valence-corrected chi connectivity index (χ3v) is 7.90. The summed E-state index contributed by atoms with van der Waals surface area (Å²) in [5.74, 6) is 0.0356. The number of hydrogen-bond donors (Lipinski definition) is 0. The minimum absolute atomic E-state index is 0.0751. The Kier molecular flexibility index (Phi) is 6.95. The van der Waals surface area contributed by atoms with Gasteiger partial charge in [-0.2, -0.15) is 0 Å². The Bertz CT molecular complexity index is 1500. The molecule has 0 spiro atoms. The van der Waals surface area contributed by atoms with Gasteiger partial charge in [-0.3, -0.25) is 4.79 Å². The first-order valence-electron chi connectivity index (χ1n) is 13.3. The monoisotopic (exact) mass is 558 g/mol. The number of rotatable bonds is 7. The molecule has 212 valence electrons. The molecule has 4 atom stereocenters. The topological polar surface area (TPSA) is 98.8 Å². The zero-order chi connectivity index (χ0) is 28.7. The van der Waals surface area contributed by atoms with Crippen LogP contribution < -0.4 is 23.7 Å². The lowest BCUT2D eigenvalue weighted by Gasteiger charge is -2.38. The number of fused-ring (bicyclic) bond motifs is 3. The molecule has 6 rings (SSSR count). The normalized spacial score (nSPS) is 22.1. The molecule has 2 aliphatic heterocycles. The van der Waals surface area contributed by atoms with Crippen LogP contribution in [-0.4, -0.2) is 46.7 Å². The van der Waals surface area contributed by atoms with Crippen LogP contribution in [0.3, 0.4) is 0 Å². The average Bonchev–Trinajstić information content (AvgIpc) is 3.61. The number of ether oxygens (including phenoxy) is 7. The first-order valence-corrected chi connectivity index (χ1v) is 13.3. The predicted molar refractivity (Wildman–Crippen MR) is 147 cm³/mol. The van der Waals surface area contributed by atoms with E-state index in [1.54, 1.807) is 20.3 Å².